The minimum atomic E-state index is -3.65. The van der Waals surface area contributed by atoms with Crippen molar-refractivity contribution in [2.24, 2.45) is 5.92 Å². The minimum Gasteiger partial charge on any atom is -0.299 e. The van der Waals surface area contributed by atoms with Gasteiger partial charge in [0.05, 0.1) is 4.90 Å². The Balaban J connectivity index is 2.34. The van der Waals surface area contributed by atoms with Crippen LogP contribution >= 0.6 is 23.2 Å². The third kappa shape index (κ3) is 3.11. The maximum absolute atomic E-state index is 12.4. The van der Waals surface area contributed by atoms with E-state index in [1.165, 1.54) is 22.5 Å². The van der Waals surface area contributed by atoms with Gasteiger partial charge in [-0.15, -0.1) is 0 Å². The van der Waals surface area contributed by atoms with Crippen LogP contribution in [0.1, 0.15) is 13.3 Å². The molecule has 0 aromatic heterocycles. The summed E-state index contributed by atoms with van der Waals surface area (Å²) in [6, 6.07) is 4.21. The van der Waals surface area contributed by atoms with Gasteiger partial charge >= 0.3 is 0 Å². The molecular formula is C12H13Cl2NO3S. The average Bonchev–Trinajstić information content (AvgIpc) is 2.31. The molecule has 1 aromatic rings. The number of carbonyl (C=O) groups is 1. The molecule has 0 radical (unpaired) electrons. The summed E-state index contributed by atoms with van der Waals surface area (Å²) in [4.78, 5) is 11.5. The van der Waals surface area contributed by atoms with Crippen LogP contribution in [0.15, 0.2) is 23.1 Å². The molecule has 4 nitrogen and oxygen atoms in total. The van der Waals surface area contributed by atoms with E-state index >= 15 is 0 Å². The Morgan fingerprint density at radius 3 is 2.32 bits per heavy atom. The summed E-state index contributed by atoms with van der Waals surface area (Å²) in [5, 5.41) is 0.541. The van der Waals surface area contributed by atoms with Crippen LogP contribution in [0.5, 0.6) is 0 Å². The lowest BCUT2D eigenvalue weighted by atomic mass is 10.0. The quantitative estimate of drug-likeness (QED) is 0.841. The van der Waals surface area contributed by atoms with E-state index in [-0.39, 0.29) is 46.2 Å². The highest BCUT2D eigenvalue weighted by molar-refractivity contribution is 7.89. The van der Waals surface area contributed by atoms with Gasteiger partial charge in [0.1, 0.15) is 5.78 Å². The van der Waals surface area contributed by atoms with Gasteiger partial charge in [-0.1, -0.05) is 30.1 Å². The summed E-state index contributed by atoms with van der Waals surface area (Å²) >= 11 is 11.7. The molecule has 1 aliphatic rings. The van der Waals surface area contributed by atoms with E-state index in [0.717, 1.165) is 0 Å². The van der Waals surface area contributed by atoms with Crippen LogP contribution in [0.4, 0.5) is 0 Å². The van der Waals surface area contributed by atoms with Gasteiger partial charge in [0.2, 0.25) is 10.0 Å². The van der Waals surface area contributed by atoms with E-state index in [1.807, 2.05) is 0 Å². The van der Waals surface area contributed by atoms with Crippen molar-refractivity contribution in [1.82, 2.24) is 4.31 Å². The van der Waals surface area contributed by atoms with E-state index in [0.29, 0.717) is 0 Å². The fourth-order valence-electron chi connectivity index (χ4n) is 2.02. The predicted molar refractivity (Wildman–Crippen MR) is 74.0 cm³/mol. The Bertz CT molecular complexity index is 595. The monoisotopic (exact) mass is 321 g/mol. The zero-order chi connectivity index (χ0) is 14.2. The number of Topliss-reactive ketones (excluding diaryl/α,β-unsaturated/α-hetero) is 1. The molecule has 1 atom stereocenters. The van der Waals surface area contributed by atoms with E-state index < -0.39 is 10.0 Å². The van der Waals surface area contributed by atoms with Crippen LogP contribution in [0.2, 0.25) is 10.0 Å². The fraction of sp³-hybridized carbons (Fsp3) is 0.417. The number of sulfonamides is 1. The lowest BCUT2D eigenvalue weighted by Gasteiger charge is -2.29. The molecule has 19 heavy (non-hydrogen) atoms. The Kier molecular flexibility index (Phi) is 4.20. The van der Waals surface area contributed by atoms with Gasteiger partial charge in [-0.05, 0) is 18.2 Å². The summed E-state index contributed by atoms with van der Waals surface area (Å²) in [6.45, 7) is 2.13. The smallest absolute Gasteiger partial charge is 0.243 e. The summed E-state index contributed by atoms with van der Waals surface area (Å²) in [7, 11) is -3.65. The van der Waals surface area contributed by atoms with Gasteiger partial charge in [-0.25, -0.2) is 8.42 Å². The zero-order valence-corrected chi connectivity index (χ0v) is 12.6. The molecule has 0 bridgehead atoms. The van der Waals surface area contributed by atoms with Crippen molar-refractivity contribution in [2.75, 3.05) is 13.1 Å². The summed E-state index contributed by atoms with van der Waals surface area (Å²) in [5.41, 5.74) is 0. The number of benzene rings is 1. The van der Waals surface area contributed by atoms with Gasteiger partial charge < -0.3 is 0 Å². The van der Waals surface area contributed by atoms with Crippen molar-refractivity contribution in [3.8, 4) is 0 Å². The van der Waals surface area contributed by atoms with Crippen molar-refractivity contribution in [3.63, 3.8) is 0 Å². The molecule has 0 spiro atoms. The maximum Gasteiger partial charge on any atom is 0.243 e. The zero-order valence-electron chi connectivity index (χ0n) is 10.3. The van der Waals surface area contributed by atoms with E-state index in [1.54, 1.807) is 6.92 Å². The first kappa shape index (κ1) is 14.8. The molecule has 1 aromatic carbocycles. The van der Waals surface area contributed by atoms with Crippen molar-refractivity contribution in [2.45, 2.75) is 18.2 Å². The van der Waals surface area contributed by atoms with Crippen LogP contribution in [-0.2, 0) is 14.8 Å². The highest BCUT2D eigenvalue weighted by atomic mass is 35.5. The van der Waals surface area contributed by atoms with Crippen molar-refractivity contribution >= 4 is 39.0 Å². The number of halogens is 2. The van der Waals surface area contributed by atoms with Crippen LogP contribution in [-0.4, -0.2) is 31.6 Å². The Hall–Kier alpha value is -0.620. The molecular weight excluding hydrogens is 309 g/mol. The van der Waals surface area contributed by atoms with Gasteiger partial charge in [-0.2, -0.15) is 4.31 Å². The van der Waals surface area contributed by atoms with E-state index in [2.05, 4.69) is 0 Å². The number of hydrogen-bond donors (Lipinski definition) is 0. The van der Waals surface area contributed by atoms with Crippen molar-refractivity contribution in [3.05, 3.63) is 28.2 Å². The van der Waals surface area contributed by atoms with Gasteiger partial charge in [0.25, 0.3) is 0 Å². The lowest BCUT2D eigenvalue weighted by molar-refractivity contribution is -0.124. The second-order valence-electron chi connectivity index (χ2n) is 4.59. The summed E-state index contributed by atoms with van der Waals surface area (Å²) in [6.07, 6.45) is 0.245. The predicted octanol–water partition coefficient (Wildman–Crippen LogP) is 2.59. The average molecular weight is 322 g/mol. The van der Waals surface area contributed by atoms with Gasteiger partial charge in [-0.3, -0.25) is 4.79 Å². The highest BCUT2D eigenvalue weighted by Crippen LogP contribution is 2.27. The fourth-order valence-corrected chi connectivity index (χ4v) is 4.28. The van der Waals surface area contributed by atoms with E-state index in [4.69, 9.17) is 23.2 Å². The normalized spacial score (nSPS) is 21.6. The minimum absolute atomic E-state index is 0.0616. The van der Waals surface area contributed by atoms with Crippen molar-refractivity contribution in [1.29, 1.82) is 0 Å². The Morgan fingerprint density at radius 1 is 1.21 bits per heavy atom. The first-order valence-corrected chi connectivity index (χ1v) is 7.99. The first-order valence-electron chi connectivity index (χ1n) is 5.79. The molecule has 7 heteroatoms. The Labute approximate surface area is 122 Å². The molecule has 1 aliphatic heterocycles. The number of rotatable bonds is 2. The topological polar surface area (TPSA) is 54.5 Å². The van der Waals surface area contributed by atoms with Gasteiger partial charge in [0, 0.05) is 35.5 Å². The first-order chi connectivity index (χ1) is 8.80. The third-order valence-electron chi connectivity index (χ3n) is 3.11. The summed E-state index contributed by atoms with van der Waals surface area (Å²) < 4.78 is 26.2. The SMILES string of the molecule is CC1CN(S(=O)(=O)c2cc(Cl)cc(Cl)c2)CCC1=O. The number of hydrogen-bond acceptors (Lipinski definition) is 3. The molecule has 1 saturated heterocycles. The van der Waals surface area contributed by atoms with Crippen LogP contribution in [0, 0.1) is 5.92 Å². The molecule has 104 valence electrons. The standard InChI is InChI=1S/C12H13Cl2NO3S/c1-8-7-15(3-2-12(8)16)19(17,18)11-5-9(13)4-10(14)6-11/h4-6,8H,2-3,7H2,1H3. The molecule has 0 amide bonds. The molecule has 1 fully saturated rings. The molecule has 1 unspecified atom stereocenters. The van der Waals surface area contributed by atoms with E-state index in [9.17, 15) is 13.2 Å². The highest BCUT2D eigenvalue weighted by Gasteiger charge is 2.32. The molecule has 1 heterocycles. The van der Waals surface area contributed by atoms with Gasteiger partial charge in [0.15, 0.2) is 0 Å². The number of nitrogens with zero attached hydrogens (tertiary/aromatic N) is 1. The van der Waals surface area contributed by atoms with Crippen LogP contribution in [0.25, 0.3) is 0 Å². The Morgan fingerprint density at radius 2 is 1.79 bits per heavy atom. The van der Waals surface area contributed by atoms with Crippen molar-refractivity contribution < 1.29 is 13.2 Å². The number of carbonyl (C=O) groups excluding carboxylic acids is 1. The van der Waals surface area contributed by atoms with Crippen LogP contribution in [0.3, 0.4) is 0 Å². The number of piperidine rings is 1. The molecule has 2 rings (SSSR count). The molecule has 0 N–H and O–H groups in total. The lowest BCUT2D eigenvalue weighted by Crippen LogP contribution is -2.43. The maximum atomic E-state index is 12.4. The number of ketones is 1. The second kappa shape index (κ2) is 5.40. The molecule has 0 aliphatic carbocycles. The summed E-state index contributed by atoms with van der Waals surface area (Å²) in [5.74, 6) is -0.186. The van der Waals surface area contributed by atoms with Crippen LogP contribution < -0.4 is 0 Å². The second-order valence-corrected chi connectivity index (χ2v) is 7.40. The largest absolute Gasteiger partial charge is 0.299 e. The molecule has 0 saturated carbocycles. The third-order valence-corrected chi connectivity index (χ3v) is 5.39.